The van der Waals surface area contributed by atoms with E-state index in [4.69, 9.17) is 0 Å². The van der Waals surface area contributed by atoms with Crippen molar-refractivity contribution < 1.29 is 0 Å². The average molecular weight is 398 g/mol. The van der Waals surface area contributed by atoms with Gasteiger partial charge < -0.3 is 5.32 Å². The number of rotatable bonds is 4. The SMILES string of the molecule is Brc1ccc(-n2cc(CN3CCNCC3c3cccnc3)cn2)cc1. The second kappa shape index (κ2) is 7.47. The van der Waals surface area contributed by atoms with Crippen LogP contribution in [-0.2, 0) is 6.54 Å². The molecule has 25 heavy (non-hydrogen) atoms. The molecule has 1 aromatic carbocycles. The van der Waals surface area contributed by atoms with Gasteiger partial charge in [0.25, 0.3) is 0 Å². The maximum absolute atomic E-state index is 4.53. The molecule has 1 aliphatic heterocycles. The molecule has 1 N–H and O–H groups in total. The number of halogens is 1. The Balaban J connectivity index is 1.51. The Morgan fingerprint density at radius 2 is 2.04 bits per heavy atom. The van der Waals surface area contributed by atoms with E-state index in [-0.39, 0.29) is 0 Å². The number of pyridine rings is 1. The Morgan fingerprint density at radius 1 is 1.16 bits per heavy atom. The van der Waals surface area contributed by atoms with Crippen LogP contribution in [0.4, 0.5) is 0 Å². The molecule has 128 valence electrons. The second-order valence-electron chi connectivity index (χ2n) is 6.25. The second-order valence-corrected chi connectivity index (χ2v) is 7.16. The lowest BCUT2D eigenvalue weighted by atomic mass is 10.0. The summed E-state index contributed by atoms with van der Waals surface area (Å²) >= 11 is 3.47. The van der Waals surface area contributed by atoms with E-state index in [9.17, 15) is 0 Å². The lowest BCUT2D eigenvalue weighted by Crippen LogP contribution is -2.45. The maximum atomic E-state index is 4.53. The number of nitrogens with one attached hydrogen (secondary N) is 1. The van der Waals surface area contributed by atoms with Crippen LogP contribution in [0.3, 0.4) is 0 Å². The van der Waals surface area contributed by atoms with E-state index >= 15 is 0 Å². The number of hydrogen-bond acceptors (Lipinski definition) is 4. The lowest BCUT2D eigenvalue weighted by molar-refractivity contribution is 0.153. The van der Waals surface area contributed by atoms with Crippen molar-refractivity contribution in [3.8, 4) is 5.69 Å². The average Bonchev–Trinajstić information content (AvgIpc) is 3.12. The molecule has 0 aliphatic carbocycles. The van der Waals surface area contributed by atoms with Crippen LogP contribution >= 0.6 is 15.9 Å². The van der Waals surface area contributed by atoms with Gasteiger partial charge in [0.05, 0.1) is 11.9 Å². The Bertz CT molecular complexity index is 815. The highest BCUT2D eigenvalue weighted by Gasteiger charge is 2.24. The van der Waals surface area contributed by atoms with Crippen molar-refractivity contribution in [2.45, 2.75) is 12.6 Å². The van der Waals surface area contributed by atoms with E-state index in [2.05, 4.69) is 60.6 Å². The van der Waals surface area contributed by atoms with Crippen LogP contribution in [0.25, 0.3) is 5.69 Å². The zero-order chi connectivity index (χ0) is 17.1. The zero-order valence-electron chi connectivity index (χ0n) is 13.8. The lowest BCUT2D eigenvalue weighted by Gasteiger charge is -2.36. The van der Waals surface area contributed by atoms with Crippen molar-refractivity contribution in [3.05, 3.63) is 76.8 Å². The normalized spacial score (nSPS) is 18.4. The van der Waals surface area contributed by atoms with Crippen molar-refractivity contribution in [3.63, 3.8) is 0 Å². The molecule has 2 aromatic heterocycles. The standard InChI is InChI=1S/C19H20BrN5/c20-17-3-5-18(6-4-17)25-14-15(10-23-25)13-24-9-8-22-12-19(24)16-2-1-7-21-11-16/h1-7,10-11,14,19,22H,8-9,12-13H2. The quantitative estimate of drug-likeness (QED) is 0.734. The molecule has 0 amide bonds. The summed E-state index contributed by atoms with van der Waals surface area (Å²) < 4.78 is 3.01. The van der Waals surface area contributed by atoms with Crippen LogP contribution in [0.15, 0.2) is 65.7 Å². The zero-order valence-corrected chi connectivity index (χ0v) is 15.4. The van der Waals surface area contributed by atoms with Gasteiger partial charge in [-0.2, -0.15) is 5.10 Å². The van der Waals surface area contributed by atoms with Crippen molar-refractivity contribution in [1.82, 2.24) is 25.0 Å². The van der Waals surface area contributed by atoms with Gasteiger partial charge in [-0.1, -0.05) is 22.0 Å². The molecule has 0 radical (unpaired) electrons. The van der Waals surface area contributed by atoms with Crippen LogP contribution in [-0.4, -0.2) is 39.3 Å². The molecule has 0 saturated carbocycles. The van der Waals surface area contributed by atoms with E-state index in [0.29, 0.717) is 6.04 Å². The fourth-order valence-corrected chi connectivity index (χ4v) is 3.51. The van der Waals surface area contributed by atoms with Gasteiger partial charge in [-0.15, -0.1) is 0 Å². The molecule has 3 aromatic rings. The number of hydrogen-bond donors (Lipinski definition) is 1. The molecule has 0 spiro atoms. The number of nitrogens with zero attached hydrogens (tertiary/aromatic N) is 4. The van der Waals surface area contributed by atoms with Crippen molar-refractivity contribution in [2.75, 3.05) is 19.6 Å². The Hall–Kier alpha value is -2.02. The van der Waals surface area contributed by atoms with Gasteiger partial charge in [0.15, 0.2) is 0 Å². The van der Waals surface area contributed by atoms with Gasteiger partial charge >= 0.3 is 0 Å². The molecule has 1 saturated heterocycles. The van der Waals surface area contributed by atoms with Crippen molar-refractivity contribution >= 4 is 15.9 Å². The molecule has 3 heterocycles. The fraction of sp³-hybridized carbons (Fsp3) is 0.263. The summed E-state index contributed by atoms with van der Waals surface area (Å²) in [5.41, 5.74) is 3.55. The van der Waals surface area contributed by atoms with E-state index < -0.39 is 0 Å². The van der Waals surface area contributed by atoms with Gasteiger partial charge in [-0.25, -0.2) is 4.68 Å². The highest BCUT2D eigenvalue weighted by molar-refractivity contribution is 9.10. The first-order valence-corrected chi connectivity index (χ1v) is 9.23. The summed E-state index contributed by atoms with van der Waals surface area (Å²) in [7, 11) is 0. The Morgan fingerprint density at radius 3 is 2.84 bits per heavy atom. The molecule has 1 unspecified atom stereocenters. The fourth-order valence-electron chi connectivity index (χ4n) is 3.25. The van der Waals surface area contributed by atoms with Gasteiger partial charge in [0.1, 0.15) is 0 Å². The third-order valence-electron chi connectivity index (χ3n) is 4.54. The van der Waals surface area contributed by atoms with E-state index in [0.717, 1.165) is 36.3 Å². The van der Waals surface area contributed by atoms with Gasteiger partial charge in [-0.3, -0.25) is 9.88 Å². The topological polar surface area (TPSA) is 46.0 Å². The summed E-state index contributed by atoms with van der Waals surface area (Å²) in [5.74, 6) is 0. The van der Waals surface area contributed by atoms with Crippen LogP contribution in [0, 0.1) is 0 Å². The Kier molecular flexibility index (Phi) is 4.92. The highest BCUT2D eigenvalue weighted by Crippen LogP contribution is 2.23. The molecule has 4 rings (SSSR count). The van der Waals surface area contributed by atoms with Crippen LogP contribution in [0.1, 0.15) is 17.2 Å². The molecule has 0 bridgehead atoms. The monoisotopic (exact) mass is 397 g/mol. The molecule has 1 aliphatic rings. The van der Waals surface area contributed by atoms with Crippen LogP contribution in [0.5, 0.6) is 0 Å². The van der Waals surface area contributed by atoms with Gasteiger partial charge in [0, 0.05) is 60.8 Å². The first-order valence-electron chi connectivity index (χ1n) is 8.44. The Labute approximate surface area is 155 Å². The largest absolute Gasteiger partial charge is 0.314 e. The highest BCUT2D eigenvalue weighted by atomic mass is 79.9. The third kappa shape index (κ3) is 3.81. The molecule has 1 atom stereocenters. The summed E-state index contributed by atoms with van der Waals surface area (Å²) in [5, 5.41) is 8.02. The predicted octanol–water partition coefficient (Wildman–Crippen LogP) is 3.18. The predicted molar refractivity (Wildman–Crippen MR) is 102 cm³/mol. The van der Waals surface area contributed by atoms with Gasteiger partial charge in [-0.05, 0) is 35.9 Å². The molecule has 5 nitrogen and oxygen atoms in total. The number of benzene rings is 1. The molecule has 6 heteroatoms. The summed E-state index contributed by atoms with van der Waals surface area (Å²) in [4.78, 5) is 6.77. The van der Waals surface area contributed by atoms with Crippen LogP contribution in [0.2, 0.25) is 0 Å². The molecular weight excluding hydrogens is 378 g/mol. The summed E-state index contributed by atoms with van der Waals surface area (Å²) in [6.45, 7) is 3.87. The van der Waals surface area contributed by atoms with Crippen molar-refractivity contribution in [2.24, 2.45) is 0 Å². The first-order chi connectivity index (χ1) is 12.3. The third-order valence-corrected chi connectivity index (χ3v) is 5.07. The van der Waals surface area contributed by atoms with E-state index in [1.807, 2.05) is 41.5 Å². The first kappa shape index (κ1) is 16.4. The van der Waals surface area contributed by atoms with E-state index in [1.54, 1.807) is 0 Å². The number of piperazine rings is 1. The van der Waals surface area contributed by atoms with E-state index in [1.165, 1.54) is 11.1 Å². The summed E-state index contributed by atoms with van der Waals surface area (Å²) in [6, 6.07) is 12.7. The van der Waals surface area contributed by atoms with Crippen molar-refractivity contribution in [1.29, 1.82) is 0 Å². The maximum Gasteiger partial charge on any atom is 0.0646 e. The number of aromatic nitrogens is 3. The van der Waals surface area contributed by atoms with Gasteiger partial charge in [0.2, 0.25) is 0 Å². The molecule has 1 fully saturated rings. The minimum absolute atomic E-state index is 0.346. The minimum atomic E-state index is 0.346. The smallest absolute Gasteiger partial charge is 0.0646 e. The van der Waals surface area contributed by atoms with Crippen LogP contribution < -0.4 is 5.32 Å². The summed E-state index contributed by atoms with van der Waals surface area (Å²) in [6.07, 6.45) is 7.87. The molecular formula is C19H20BrN5. The minimum Gasteiger partial charge on any atom is -0.314 e.